The Morgan fingerprint density at radius 1 is 1.27 bits per heavy atom. The number of hydrogen-bond acceptors (Lipinski definition) is 9. The third-order valence-corrected chi connectivity index (χ3v) is 8.49. The monoisotopic (exact) mass is 498 g/mol. The number of thioether (sulfide) groups is 1. The highest BCUT2D eigenvalue weighted by molar-refractivity contribution is 7.99. The van der Waals surface area contributed by atoms with Gasteiger partial charge in [-0.05, 0) is 60.7 Å². The second-order valence-corrected chi connectivity index (χ2v) is 10.8. The van der Waals surface area contributed by atoms with E-state index in [0.29, 0.717) is 0 Å². The van der Waals surface area contributed by atoms with E-state index in [2.05, 4.69) is 33.8 Å². The molecule has 3 aromatic rings. The summed E-state index contributed by atoms with van der Waals surface area (Å²) in [5, 5.41) is 18.6. The Morgan fingerprint density at radius 2 is 2.09 bits per heavy atom. The maximum absolute atomic E-state index is 13.4. The summed E-state index contributed by atoms with van der Waals surface area (Å²) >= 11 is 4.44. The van der Waals surface area contributed by atoms with Crippen LogP contribution in [0.3, 0.4) is 0 Å². The van der Waals surface area contributed by atoms with Crippen LogP contribution in [0.4, 0.5) is 0 Å². The standard InChI is InChI=1S/C22H22N6O2S3/c1-13-21(30)27(23)22(25-24-13)33-12-18(29)28-20(17-8-4-10-32-17)16-7-2-5-14(19(16)26-28)11-15-6-3-9-31-15/h3-4,6,8-11,16,20H,2,5,7,12,23H2,1H3/b14-11-. The Morgan fingerprint density at radius 3 is 2.85 bits per heavy atom. The number of rotatable bonds is 5. The normalized spacial score (nSPS) is 21.3. The van der Waals surface area contributed by atoms with E-state index >= 15 is 0 Å². The van der Waals surface area contributed by atoms with Gasteiger partial charge < -0.3 is 5.84 Å². The van der Waals surface area contributed by atoms with E-state index in [1.54, 1.807) is 34.6 Å². The molecule has 33 heavy (non-hydrogen) atoms. The summed E-state index contributed by atoms with van der Waals surface area (Å²) in [7, 11) is 0. The van der Waals surface area contributed by atoms with Gasteiger partial charge in [0, 0.05) is 15.7 Å². The first kappa shape index (κ1) is 22.1. The average molecular weight is 499 g/mol. The molecule has 3 aromatic heterocycles. The number of aromatic nitrogens is 3. The van der Waals surface area contributed by atoms with Crippen LogP contribution in [0.2, 0.25) is 0 Å². The van der Waals surface area contributed by atoms with Crippen molar-refractivity contribution in [2.45, 2.75) is 37.4 Å². The van der Waals surface area contributed by atoms with Crippen LogP contribution in [0.5, 0.6) is 0 Å². The van der Waals surface area contributed by atoms with Crippen molar-refractivity contribution < 1.29 is 4.79 Å². The number of hydrogen-bond donors (Lipinski definition) is 1. The summed E-state index contributed by atoms with van der Waals surface area (Å²) in [6.07, 6.45) is 5.22. The van der Waals surface area contributed by atoms with Gasteiger partial charge in [-0.2, -0.15) is 9.78 Å². The van der Waals surface area contributed by atoms with E-state index in [-0.39, 0.29) is 34.5 Å². The molecular formula is C22H22N6O2S3. The van der Waals surface area contributed by atoms with Gasteiger partial charge in [-0.15, -0.1) is 32.9 Å². The molecular weight excluding hydrogens is 476 g/mol. The van der Waals surface area contributed by atoms with Crippen LogP contribution in [-0.4, -0.2) is 37.3 Å². The summed E-state index contributed by atoms with van der Waals surface area (Å²) in [5.41, 5.74) is 2.01. The van der Waals surface area contributed by atoms with Crippen molar-refractivity contribution in [1.82, 2.24) is 19.9 Å². The Labute approximate surface area is 202 Å². The van der Waals surface area contributed by atoms with Crippen molar-refractivity contribution in [2.24, 2.45) is 11.0 Å². The molecule has 5 rings (SSSR count). The van der Waals surface area contributed by atoms with Crippen LogP contribution in [0.1, 0.15) is 40.8 Å². The lowest BCUT2D eigenvalue weighted by Crippen LogP contribution is -2.34. The molecule has 4 heterocycles. The summed E-state index contributed by atoms with van der Waals surface area (Å²) in [6, 6.07) is 8.10. The quantitative estimate of drug-likeness (QED) is 0.425. The van der Waals surface area contributed by atoms with Crippen molar-refractivity contribution in [3.8, 4) is 0 Å². The second kappa shape index (κ2) is 9.24. The van der Waals surface area contributed by atoms with Crippen LogP contribution in [0, 0.1) is 12.8 Å². The summed E-state index contributed by atoms with van der Waals surface area (Å²) in [4.78, 5) is 27.7. The number of aryl methyl sites for hydroxylation is 1. The van der Waals surface area contributed by atoms with Gasteiger partial charge in [0.25, 0.3) is 11.5 Å². The molecule has 11 heteroatoms. The van der Waals surface area contributed by atoms with E-state index in [1.165, 1.54) is 10.5 Å². The molecule has 0 saturated heterocycles. The molecule has 0 bridgehead atoms. The van der Waals surface area contributed by atoms with E-state index in [9.17, 15) is 9.59 Å². The van der Waals surface area contributed by atoms with E-state index < -0.39 is 5.56 Å². The van der Waals surface area contributed by atoms with Crippen molar-refractivity contribution in [2.75, 3.05) is 11.6 Å². The number of allylic oxidation sites excluding steroid dienone is 1. The van der Waals surface area contributed by atoms with Crippen LogP contribution in [0.25, 0.3) is 6.08 Å². The average Bonchev–Trinajstić information content (AvgIpc) is 3.57. The third-order valence-electron chi connectivity index (χ3n) is 5.80. The lowest BCUT2D eigenvalue weighted by Gasteiger charge is -2.28. The van der Waals surface area contributed by atoms with Crippen LogP contribution in [0.15, 0.2) is 55.7 Å². The maximum atomic E-state index is 13.4. The molecule has 1 saturated carbocycles. The fourth-order valence-corrected chi connectivity index (χ4v) is 6.51. The van der Waals surface area contributed by atoms with Crippen LogP contribution in [-0.2, 0) is 4.79 Å². The highest BCUT2D eigenvalue weighted by atomic mass is 32.2. The molecule has 1 fully saturated rings. The first-order valence-corrected chi connectivity index (χ1v) is 13.3. The molecule has 0 aromatic carbocycles. The van der Waals surface area contributed by atoms with Gasteiger partial charge in [0.15, 0.2) is 0 Å². The SMILES string of the molecule is Cc1nnc(SCC(=O)N2N=C3/C(=C\c4cccs4)CCCC3C2c2cccs2)n(N)c1=O. The van der Waals surface area contributed by atoms with Gasteiger partial charge in [-0.3, -0.25) is 9.59 Å². The maximum Gasteiger partial charge on any atom is 0.294 e. The molecule has 0 radical (unpaired) electrons. The molecule has 1 aliphatic carbocycles. The number of carbonyl (C=O) groups excluding carboxylic acids is 1. The largest absolute Gasteiger partial charge is 0.334 e. The Kier molecular flexibility index (Phi) is 6.17. The first-order valence-electron chi connectivity index (χ1n) is 10.6. The zero-order valence-corrected chi connectivity index (χ0v) is 20.3. The van der Waals surface area contributed by atoms with E-state index in [1.807, 2.05) is 17.5 Å². The number of amides is 1. The van der Waals surface area contributed by atoms with Crippen LogP contribution < -0.4 is 11.4 Å². The van der Waals surface area contributed by atoms with Crippen molar-refractivity contribution >= 4 is 52.1 Å². The number of nitrogen functional groups attached to an aromatic ring is 1. The molecule has 2 atom stereocenters. The zero-order valence-electron chi connectivity index (χ0n) is 17.9. The predicted molar refractivity (Wildman–Crippen MR) is 133 cm³/mol. The lowest BCUT2D eigenvalue weighted by atomic mass is 9.79. The Balaban J connectivity index is 1.44. The number of thiophene rings is 2. The minimum atomic E-state index is -0.424. The van der Waals surface area contributed by atoms with Gasteiger partial charge in [-0.25, -0.2) is 5.01 Å². The highest BCUT2D eigenvalue weighted by Crippen LogP contribution is 2.45. The van der Waals surface area contributed by atoms with Crippen molar-refractivity contribution in [3.05, 3.63) is 66.4 Å². The predicted octanol–water partition coefficient (Wildman–Crippen LogP) is 3.70. The summed E-state index contributed by atoms with van der Waals surface area (Å²) in [6.45, 7) is 1.55. The zero-order chi connectivity index (χ0) is 22.9. The summed E-state index contributed by atoms with van der Waals surface area (Å²) < 4.78 is 0.939. The van der Waals surface area contributed by atoms with Crippen LogP contribution >= 0.6 is 34.4 Å². The van der Waals surface area contributed by atoms with Gasteiger partial charge in [0.05, 0.1) is 17.5 Å². The van der Waals surface area contributed by atoms with Gasteiger partial charge in [0.2, 0.25) is 5.16 Å². The molecule has 2 unspecified atom stereocenters. The van der Waals surface area contributed by atoms with Crippen molar-refractivity contribution in [3.63, 3.8) is 0 Å². The van der Waals surface area contributed by atoms with Gasteiger partial charge >= 0.3 is 0 Å². The van der Waals surface area contributed by atoms with E-state index in [0.717, 1.165) is 46.3 Å². The molecule has 2 N–H and O–H groups in total. The third kappa shape index (κ3) is 4.28. The first-order chi connectivity index (χ1) is 16.0. The minimum absolute atomic E-state index is 0.0593. The molecule has 2 aliphatic rings. The fraction of sp³-hybridized carbons (Fsp3) is 0.318. The smallest absolute Gasteiger partial charge is 0.294 e. The fourth-order valence-electron chi connectivity index (χ4n) is 4.25. The van der Waals surface area contributed by atoms with Gasteiger partial charge in [-0.1, -0.05) is 23.9 Å². The minimum Gasteiger partial charge on any atom is -0.334 e. The summed E-state index contributed by atoms with van der Waals surface area (Å²) in [5.74, 6) is 5.91. The Hall–Kier alpha value is -2.76. The molecule has 8 nitrogen and oxygen atoms in total. The molecule has 0 spiro atoms. The van der Waals surface area contributed by atoms with Crippen molar-refractivity contribution in [1.29, 1.82) is 0 Å². The number of nitrogens with zero attached hydrogens (tertiary/aromatic N) is 5. The van der Waals surface area contributed by atoms with Gasteiger partial charge in [0.1, 0.15) is 5.69 Å². The second-order valence-electron chi connectivity index (χ2n) is 7.90. The molecule has 1 aliphatic heterocycles. The Bertz CT molecular complexity index is 1280. The molecule has 1 amide bonds. The van der Waals surface area contributed by atoms with E-state index in [4.69, 9.17) is 10.9 Å². The number of nitrogens with two attached hydrogens (primary N) is 1. The lowest BCUT2D eigenvalue weighted by molar-refractivity contribution is -0.130. The molecule has 170 valence electrons. The number of carbonyl (C=O) groups is 1. The topological polar surface area (TPSA) is 106 Å². The highest BCUT2D eigenvalue weighted by Gasteiger charge is 2.44. The number of hydrazone groups is 1. The number of fused-ring (bicyclic) bond motifs is 1.